The van der Waals surface area contributed by atoms with Gasteiger partial charge in [-0.2, -0.15) is 0 Å². The second-order valence-corrected chi connectivity index (χ2v) is 4.24. The molecule has 82 valence electrons. The Balaban J connectivity index is 2.47. The second kappa shape index (κ2) is 5.66. The van der Waals surface area contributed by atoms with Gasteiger partial charge in [-0.3, -0.25) is 4.79 Å². The van der Waals surface area contributed by atoms with Gasteiger partial charge in [0.1, 0.15) is 5.75 Å². The van der Waals surface area contributed by atoms with Gasteiger partial charge in [0.2, 0.25) is 5.91 Å². The Kier molecular flexibility index (Phi) is 4.49. The van der Waals surface area contributed by atoms with Gasteiger partial charge in [-0.15, -0.1) is 11.8 Å². The third kappa shape index (κ3) is 3.83. The van der Waals surface area contributed by atoms with Crippen LogP contribution in [-0.2, 0) is 4.79 Å². The van der Waals surface area contributed by atoms with Crippen LogP contribution in [0.2, 0.25) is 0 Å². The van der Waals surface area contributed by atoms with Crippen molar-refractivity contribution in [2.45, 2.75) is 11.8 Å². The van der Waals surface area contributed by atoms with Gasteiger partial charge in [0.15, 0.2) is 0 Å². The molecule has 1 aromatic carbocycles. The van der Waals surface area contributed by atoms with E-state index in [0.29, 0.717) is 5.75 Å². The van der Waals surface area contributed by atoms with E-state index in [-0.39, 0.29) is 11.7 Å². The molecule has 1 amide bonds. The molecule has 0 radical (unpaired) electrons. The Hall–Kier alpha value is -1.16. The van der Waals surface area contributed by atoms with Crippen molar-refractivity contribution in [2.75, 3.05) is 19.3 Å². The van der Waals surface area contributed by atoms with E-state index < -0.39 is 0 Å². The normalized spacial score (nSPS) is 10.0. The predicted molar refractivity (Wildman–Crippen MR) is 62.1 cm³/mol. The van der Waals surface area contributed by atoms with Gasteiger partial charge in [-0.05, 0) is 25.1 Å². The molecule has 15 heavy (non-hydrogen) atoms. The molecule has 0 fully saturated rings. The lowest BCUT2D eigenvalue weighted by atomic mass is 10.3. The molecule has 0 aromatic heterocycles. The standard InChI is InChI=1S/C11H15NO2S/c1-3-12(2)11(14)8-15-10-6-4-5-9(13)7-10/h4-7,13H,3,8H2,1-2H3. The number of phenolic OH excluding ortho intramolecular Hbond substituents is 1. The maximum absolute atomic E-state index is 11.5. The fourth-order valence-corrected chi connectivity index (χ4v) is 1.89. The van der Waals surface area contributed by atoms with Crippen LogP contribution in [-0.4, -0.2) is 35.3 Å². The van der Waals surface area contributed by atoms with Crippen LogP contribution in [0.4, 0.5) is 0 Å². The van der Waals surface area contributed by atoms with Crippen molar-refractivity contribution < 1.29 is 9.90 Å². The van der Waals surface area contributed by atoms with Gasteiger partial charge in [0, 0.05) is 18.5 Å². The number of nitrogens with zero attached hydrogens (tertiary/aromatic N) is 1. The minimum Gasteiger partial charge on any atom is -0.508 e. The zero-order valence-corrected chi connectivity index (χ0v) is 9.75. The average molecular weight is 225 g/mol. The van der Waals surface area contributed by atoms with Crippen LogP contribution in [0.15, 0.2) is 29.2 Å². The number of aromatic hydroxyl groups is 1. The molecule has 0 aliphatic carbocycles. The Morgan fingerprint density at radius 2 is 2.27 bits per heavy atom. The van der Waals surface area contributed by atoms with Crippen LogP contribution in [0.1, 0.15) is 6.92 Å². The first-order valence-corrected chi connectivity index (χ1v) is 5.78. The summed E-state index contributed by atoms with van der Waals surface area (Å²) in [6.45, 7) is 2.66. The topological polar surface area (TPSA) is 40.5 Å². The van der Waals surface area contributed by atoms with E-state index in [1.54, 1.807) is 30.1 Å². The molecule has 4 heteroatoms. The molecule has 0 bridgehead atoms. The van der Waals surface area contributed by atoms with Crippen molar-refractivity contribution in [3.05, 3.63) is 24.3 Å². The average Bonchev–Trinajstić information content (AvgIpc) is 2.25. The maximum atomic E-state index is 11.5. The van der Waals surface area contributed by atoms with Gasteiger partial charge in [0.25, 0.3) is 0 Å². The summed E-state index contributed by atoms with van der Waals surface area (Å²) in [5, 5.41) is 9.22. The highest BCUT2D eigenvalue weighted by Gasteiger charge is 2.06. The van der Waals surface area contributed by atoms with Crippen LogP contribution < -0.4 is 0 Å². The molecular weight excluding hydrogens is 210 g/mol. The number of carbonyl (C=O) groups excluding carboxylic acids is 1. The third-order valence-corrected chi connectivity index (χ3v) is 3.06. The molecule has 1 N–H and O–H groups in total. The molecule has 0 saturated heterocycles. The van der Waals surface area contributed by atoms with Crippen molar-refractivity contribution >= 4 is 17.7 Å². The maximum Gasteiger partial charge on any atom is 0.232 e. The minimum atomic E-state index is 0.103. The molecule has 0 spiro atoms. The largest absolute Gasteiger partial charge is 0.508 e. The van der Waals surface area contributed by atoms with Crippen LogP contribution in [0.25, 0.3) is 0 Å². The van der Waals surface area contributed by atoms with Gasteiger partial charge in [-0.1, -0.05) is 6.07 Å². The second-order valence-electron chi connectivity index (χ2n) is 3.19. The molecule has 0 unspecified atom stereocenters. The number of amides is 1. The summed E-state index contributed by atoms with van der Waals surface area (Å²) in [6, 6.07) is 6.92. The van der Waals surface area contributed by atoms with Crippen molar-refractivity contribution in [2.24, 2.45) is 0 Å². The highest BCUT2D eigenvalue weighted by molar-refractivity contribution is 8.00. The molecular formula is C11H15NO2S. The fraction of sp³-hybridized carbons (Fsp3) is 0.364. The Morgan fingerprint density at radius 1 is 1.53 bits per heavy atom. The number of hydrogen-bond acceptors (Lipinski definition) is 3. The SMILES string of the molecule is CCN(C)C(=O)CSc1cccc(O)c1. The van der Waals surface area contributed by atoms with Gasteiger partial charge < -0.3 is 10.0 Å². The summed E-state index contributed by atoms with van der Waals surface area (Å²) in [5.41, 5.74) is 0. The Labute approximate surface area is 94.1 Å². The molecule has 0 heterocycles. The van der Waals surface area contributed by atoms with Gasteiger partial charge in [-0.25, -0.2) is 0 Å². The van der Waals surface area contributed by atoms with E-state index in [9.17, 15) is 9.90 Å². The Morgan fingerprint density at radius 3 is 2.87 bits per heavy atom. The first-order chi connectivity index (χ1) is 7.13. The first kappa shape index (κ1) is 11.9. The van der Waals surface area contributed by atoms with Crippen molar-refractivity contribution in [3.63, 3.8) is 0 Å². The first-order valence-electron chi connectivity index (χ1n) is 4.79. The minimum absolute atomic E-state index is 0.103. The summed E-state index contributed by atoms with van der Waals surface area (Å²) in [5.74, 6) is 0.746. The highest BCUT2D eigenvalue weighted by Crippen LogP contribution is 2.22. The summed E-state index contributed by atoms with van der Waals surface area (Å²) in [4.78, 5) is 14.1. The molecule has 0 saturated carbocycles. The zero-order valence-electron chi connectivity index (χ0n) is 8.93. The summed E-state index contributed by atoms with van der Waals surface area (Å²) < 4.78 is 0. The van der Waals surface area contributed by atoms with Crippen molar-refractivity contribution in [1.82, 2.24) is 4.90 Å². The van der Waals surface area contributed by atoms with Crippen LogP contribution in [0.3, 0.4) is 0 Å². The van der Waals surface area contributed by atoms with E-state index >= 15 is 0 Å². The van der Waals surface area contributed by atoms with Crippen LogP contribution in [0.5, 0.6) is 5.75 Å². The van der Waals surface area contributed by atoms with E-state index in [1.807, 2.05) is 13.0 Å². The molecule has 0 aliphatic rings. The van der Waals surface area contributed by atoms with Gasteiger partial charge in [0.05, 0.1) is 5.75 Å². The quantitative estimate of drug-likeness (QED) is 0.796. The lowest BCUT2D eigenvalue weighted by Gasteiger charge is -2.13. The smallest absolute Gasteiger partial charge is 0.232 e. The van der Waals surface area contributed by atoms with Crippen LogP contribution >= 0.6 is 11.8 Å². The van der Waals surface area contributed by atoms with Crippen LogP contribution in [0, 0.1) is 0 Å². The van der Waals surface area contributed by atoms with Crippen molar-refractivity contribution in [3.8, 4) is 5.75 Å². The molecule has 1 aromatic rings. The summed E-state index contributed by atoms with van der Waals surface area (Å²) in [7, 11) is 1.78. The molecule has 3 nitrogen and oxygen atoms in total. The molecule has 0 aliphatic heterocycles. The predicted octanol–water partition coefficient (Wildman–Crippen LogP) is 1.96. The van der Waals surface area contributed by atoms with E-state index in [2.05, 4.69) is 0 Å². The number of phenols is 1. The Bertz CT molecular complexity index is 341. The monoisotopic (exact) mass is 225 g/mol. The number of rotatable bonds is 4. The number of benzene rings is 1. The fourth-order valence-electron chi connectivity index (χ4n) is 1.00. The lowest BCUT2D eigenvalue weighted by molar-refractivity contribution is -0.126. The lowest BCUT2D eigenvalue weighted by Crippen LogP contribution is -2.27. The van der Waals surface area contributed by atoms with E-state index in [1.165, 1.54) is 11.8 Å². The van der Waals surface area contributed by atoms with Crippen molar-refractivity contribution in [1.29, 1.82) is 0 Å². The van der Waals surface area contributed by atoms with Gasteiger partial charge >= 0.3 is 0 Å². The summed E-state index contributed by atoms with van der Waals surface area (Å²) >= 11 is 1.44. The number of carbonyl (C=O) groups is 1. The molecule has 1 rings (SSSR count). The number of thioether (sulfide) groups is 1. The molecule has 0 atom stereocenters. The third-order valence-electron chi connectivity index (χ3n) is 2.08. The summed E-state index contributed by atoms with van der Waals surface area (Å²) in [6.07, 6.45) is 0. The van der Waals surface area contributed by atoms with E-state index in [4.69, 9.17) is 0 Å². The number of hydrogen-bond donors (Lipinski definition) is 1. The van der Waals surface area contributed by atoms with E-state index in [0.717, 1.165) is 11.4 Å². The highest BCUT2D eigenvalue weighted by atomic mass is 32.2. The zero-order chi connectivity index (χ0) is 11.3.